The highest BCUT2D eigenvalue weighted by Gasteiger charge is 2.45. The number of benzene rings is 1. The summed E-state index contributed by atoms with van der Waals surface area (Å²) >= 11 is 5.91. The van der Waals surface area contributed by atoms with Crippen molar-refractivity contribution in [1.82, 2.24) is 10.3 Å². The Morgan fingerprint density at radius 2 is 1.91 bits per heavy atom. The summed E-state index contributed by atoms with van der Waals surface area (Å²) in [7, 11) is 0. The smallest absolute Gasteiger partial charge is 0.208 e. The first-order chi connectivity index (χ1) is 10.8. The highest BCUT2D eigenvalue weighted by Crippen LogP contribution is 2.37. The summed E-state index contributed by atoms with van der Waals surface area (Å²) in [6.45, 7) is 9.07. The number of nitrogens with zero attached hydrogens (tertiary/aromatic N) is 1. The molecule has 124 valence electrons. The molecule has 0 amide bonds. The number of ether oxygens (including phenoxy) is 1. The summed E-state index contributed by atoms with van der Waals surface area (Å²) in [4.78, 5) is 4.36. The molecule has 3 rings (SSSR count). The summed E-state index contributed by atoms with van der Waals surface area (Å²) in [5.74, 6) is 1.43. The van der Waals surface area contributed by atoms with Gasteiger partial charge in [0.05, 0.1) is 23.9 Å². The Bertz CT molecular complexity index is 677. The van der Waals surface area contributed by atoms with Gasteiger partial charge in [0.25, 0.3) is 0 Å². The third-order valence-electron chi connectivity index (χ3n) is 4.26. The minimum atomic E-state index is -0.199. The molecule has 1 aliphatic heterocycles. The average Bonchev–Trinajstić information content (AvgIpc) is 2.99. The second kappa shape index (κ2) is 5.93. The first kappa shape index (κ1) is 16.5. The molecule has 23 heavy (non-hydrogen) atoms. The lowest BCUT2D eigenvalue weighted by atomic mass is 9.94. The van der Waals surface area contributed by atoms with E-state index in [0.717, 1.165) is 17.7 Å². The first-order valence-electron chi connectivity index (χ1n) is 7.89. The average molecular weight is 335 g/mol. The molecule has 0 bridgehead atoms. The Balaban J connectivity index is 1.65. The highest BCUT2D eigenvalue weighted by molar-refractivity contribution is 6.30. The zero-order valence-corrected chi connectivity index (χ0v) is 14.8. The molecule has 1 atom stereocenters. The van der Waals surface area contributed by atoms with Gasteiger partial charge in [-0.2, -0.15) is 0 Å². The van der Waals surface area contributed by atoms with Crippen LogP contribution in [0.2, 0.25) is 5.02 Å². The zero-order valence-electron chi connectivity index (χ0n) is 14.0. The van der Waals surface area contributed by atoms with Crippen molar-refractivity contribution in [2.24, 2.45) is 0 Å². The standard InChI is InChI=1S/C18H23ClN2O2/c1-17(2)9-15(18(3,4)23-17)20-11-16-21-10-14(22-16)12-5-7-13(19)8-6-12/h5-8,10,15,20H,9,11H2,1-4H3. The summed E-state index contributed by atoms with van der Waals surface area (Å²) < 4.78 is 11.9. The number of halogens is 1. The van der Waals surface area contributed by atoms with Crippen LogP contribution in [0.25, 0.3) is 11.3 Å². The van der Waals surface area contributed by atoms with Gasteiger partial charge in [0.1, 0.15) is 0 Å². The second-order valence-corrected chi connectivity index (χ2v) is 7.66. The van der Waals surface area contributed by atoms with Crippen molar-refractivity contribution < 1.29 is 9.15 Å². The predicted molar refractivity (Wildman–Crippen MR) is 91.4 cm³/mol. The fourth-order valence-corrected chi connectivity index (χ4v) is 3.36. The Kier molecular flexibility index (Phi) is 4.25. The van der Waals surface area contributed by atoms with Gasteiger partial charge in [-0.05, 0) is 58.4 Å². The van der Waals surface area contributed by atoms with Crippen LogP contribution < -0.4 is 5.32 Å². The Hall–Kier alpha value is -1.36. The number of aromatic nitrogens is 1. The molecule has 4 nitrogen and oxygen atoms in total. The molecule has 1 saturated heterocycles. The van der Waals surface area contributed by atoms with Crippen LogP contribution in [0.5, 0.6) is 0 Å². The minimum Gasteiger partial charge on any atom is -0.439 e. The lowest BCUT2D eigenvalue weighted by molar-refractivity contribution is -0.0699. The second-order valence-electron chi connectivity index (χ2n) is 7.23. The summed E-state index contributed by atoms with van der Waals surface area (Å²) in [6, 6.07) is 7.81. The van der Waals surface area contributed by atoms with E-state index in [1.54, 1.807) is 6.20 Å². The minimum absolute atomic E-state index is 0.105. The number of hydrogen-bond donors (Lipinski definition) is 1. The van der Waals surface area contributed by atoms with Crippen molar-refractivity contribution in [1.29, 1.82) is 0 Å². The predicted octanol–water partition coefficient (Wildman–Crippen LogP) is 4.43. The molecule has 1 unspecified atom stereocenters. The van der Waals surface area contributed by atoms with Crippen LogP contribution in [-0.4, -0.2) is 22.2 Å². The van der Waals surface area contributed by atoms with Gasteiger partial charge in [-0.25, -0.2) is 4.98 Å². The lowest BCUT2D eigenvalue weighted by Gasteiger charge is -2.27. The fraction of sp³-hybridized carbons (Fsp3) is 0.500. The lowest BCUT2D eigenvalue weighted by Crippen LogP contribution is -2.42. The van der Waals surface area contributed by atoms with Crippen molar-refractivity contribution in [3.63, 3.8) is 0 Å². The van der Waals surface area contributed by atoms with Crippen molar-refractivity contribution in [3.05, 3.63) is 41.4 Å². The number of nitrogens with one attached hydrogen (secondary N) is 1. The maximum atomic E-state index is 6.10. The molecular weight excluding hydrogens is 312 g/mol. The van der Waals surface area contributed by atoms with Crippen LogP contribution in [0.15, 0.2) is 34.9 Å². The normalized spacial score (nSPS) is 22.4. The molecule has 2 heterocycles. The van der Waals surface area contributed by atoms with E-state index in [0.29, 0.717) is 17.5 Å². The van der Waals surface area contributed by atoms with Gasteiger partial charge in [0, 0.05) is 16.6 Å². The fourth-order valence-electron chi connectivity index (χ4n) is 3.23. The van der Waals surface area contributed by atoms with Crippen molar-refractivity contribution in [3.8, 4) is 11.3 Å². The summed E-state index contributed by atoms with van der Waals surface area (Å²) in [5.41, 5.74) is 0.667. The van der Waals surface area contributed by atoms with E-state index in [1.165, 1.54) is 0 Å². The van der Waals surface area contributed by atoms with Gasteiger partial charge >= 0.3 is 0 Å². The van der Waals surface area contributed by atoms with Crippen LogP contribution in [0.1, 0.15) is 40.0 Å². The third-order valence-corrected chi connectivity index (χ3v) is 4.51. The zero-order chi connectivity index (χ0) is 16.7. The molecule has 1 fully saturated rings. The van der Waals surface area contributed by atoms with E-state index < -0.39 is 0 Å². The molecule has 1 aromatic carbocycles. The molecule has 0 radical (unpaired) electrons. The highest BCUT2D eigenvalue weighted by atomic mass is 35.5. The number of rotatable bonds is 4. The van der Waals surface area contributed by atoms with E-state index >= 15 is 0 Å². The molecule has 0 saturated carbocycles. The Labute approximate surface area is 142 Å². The van der Waals surface area contributed by atoms with E-state index in [2.05, 4.69) is 38.0 Å². The molecule has 5 heteroatoms. The maximum absolute atomic E-state index is 6.10. The monoisotopic (exact) mass is 334 g/mol. The molecule has 2 aromatic rings. The van der Waals surface area contributed by atoms with Gasteiger partial charge < -0.3 is 14.5 Å². The van der Waals surface area contributed by atoms with Gasteiger partial charge in [0.15, 0.2) is 5.76 Å². The summed E-state index contributed by atoms with van der Waals surface area (Å²) in [6.07, 6.45) is 2.71. The molecule has 1 N–H and O–H groups in total. The van der Waals surface area contributed by atoms with Crippen LogP contribution >= 0.6 is 11.6 Å². The van der Waals surface area contributed by atoms with Gasteiger partial charge in [-0.3, -0.25) is 0 Å². The quantitative estimate of drug-likeness (QED) is 0.898. The van der Waals surface area contributed by atoms with E-state index in [9.17, 15) is 0 Å². The van der Waals surface area contributed by atoms with E-state index in [1.807, 2.05) is 24.3 Å². The van der Waals surface area contributed by atoms with Crippen molar-refractivity contribution in [2.45, 2.75) is 57.9 Å². The summed E-state index contributed by atoms with van der Waals surface area (Å²) in [5, 5.41) is 4.22. The maximum Gasteiger partial charge on any atom is 0.208 e. The Morgan fingerprint density at radius 3 is 2.52 bits per heavy atom. The first-order valence-corrected chi connectivity index (χ1v) is 8.27. The number of hydrogen-bond acceptors (Lipinski definition) is 4. The van der Waals surface area contributed by atoms with Gasteiger partial charge in [-0.15, -0.1) is 0 Å². The van der Waals surface area contributed by atoms with Crippen LogP contribution in [0, 0.1) is 0 Å². The third kappa shape index (κ3) is 3.77. The van der Waals surface area contributed by atoms with E-state index in [4.69, 9.17) is 20.8 Å². The molecular formula is C18H23ClN2O2. The largest absolute Gasteiger partial charge is 0.439 e. The van der Waals surface area contributed by atoms with Gasteiger partial charge in [0.2, 0.25) is 5.89 Å². The van der Waals surface area contributed by atoms with Crippen LogP contribution in [-0.2, 0) is 11.3 Å². The van der Waals surface area contributed by atoms with E-state index in [-0.39, 0.29) is 17.2 Å². The topological polar surface area (TPSA) is 47.3 Å². The molecule has 1 aliphatic rings. The van der Waals surface area contributed by atoms with Crippen LogP contribution in [0.4, 0.5) is 0 Å². The molecule has 0 spiro atoms. The SMILES string of the molecule is CC1(C)CC(NCc2ncc(-c3ccc(Cl)cc3)o2)C(C)(C)O1. The number of oxazole rings is 1. The van der Waals surface area contributed by atoms with Crippen molar-refractivity contribution in [2.75, 3.05) is 0 Å². The Morgan fingerprint density at radius 1 is 1.22 bits per heavy atom. The van der Waals surface area contributed by atoms with Crippen molar-refractivity contribution >= 4 is 11.6 Å². The molecule has 0 aliphatic carbocycles. The molecule has 1 aromatic heterocycles. The van der Waals surface area contributed by atoms with Gasteiger partial charge in [-0.1, -0.05) is 11.6 Å². The van der Waals surface area contributed by atoms with Crippen LogP contribution in [0.3, 0.4) is 0 Å².